The number of hydrogen-bond acceptors (Lipinski definition) is 5. The lowest BCUT2D eigenvalue weighted by Crippen LogP contribution is -2.40. The van der Waals surface area contributed by atoms with Gasteiger partial charge in [0.25, 0.3) is 10.0 Å². The summed E-state index contributed by atoms with van der Waals surface area (Å²) in [5.74, 6) is -0.133. The van der Waals surface area contributed by atoms with Gasteiger partial charge >= 0.3 is 6.18 Å². The summed E-state index contributed by atoms with van der Waals surface area (Å²) in [6, 6.07) is 17.9. The van der Waals surface area contributed by atoms with E-state index in [2.05, 4.69) is 4.98 Å². The zero-order valence-electron chi connectivity index (χ0n) is 21.0. The van der Waals surface area contributed by atoms with E-state index in [-0.39, 0.29) is 23.8 Å². The predicted molar refractivity (Wildman–Crippen MR) is 140 cm³/mol. The highest BCUT2D eigenvalue weighted by atomic mass is 32.2. The average Bonchev–Trinajstić information content (AvgIpc) is 3.59. The molecule has 2 aromatic carbocycles. The number of pyridine rings is 1. The molecule has 5 rings (SSSR count). The van der Waals surface area contributed by atoms with Crippen molar-refractivity contribution in [2.24, 2.45) is 0 Å². The van der Waals surface area contributed by atoms with E-state index >= 15 is 0 Å². The van der Waals surface area contributed by atoms with Crippen LogP contribution < -0.4 is 0 Å². The van der Waals surface area contributed by atoms with Crippen LogP contribution in [0.2, 0.25) is 0 Å². The van der Waals surface area contributed by atoms with Crippen LogP contribution in [0.4, 0.5) is 13.2 Å². The van der Waals surface area contributed by atoms with Gasteiger partial charge in [-0.2, -0.15) is 17.5 Å². The van der Waals surface area contributed by atoms with Crippen LogP contribution in [0.15, 0.2) is 82.4 Å². The molecule has 1 fully saturated rings. The zero-order valence-corrected chi connectivity index (χ0v) is 21.8. The first-order valence-corrected chi connectivity index (χ1v) is 14.2. The van der Waals surface area contributed by atoms with Crippen molar-refractivity contribution in [2.75, 3.05) is 6.54 Å². The normalized spacial score (nSPS) is 16.6. The minimum absolute atomic E-state index is 0.133. The number of ketones is 1. The topological polar surface area (TPSA) is 80.5 Å². The summed E-state index contributed by atoms with van der Waals surface area (Å²) in [6.45, 7) is 0.267. The van der Waals surface area contributed by atoms with Gasteiger partial charge in [-0.15, -0.1) is 0 Å². The fraction of sp³-hybridized carbons (Fsp3) is 0.310. The molecule has 0 amide bonds. The smallest absolute Gasteiger partial charge is 0.417 e. The molecule has 1 saturated heterocycles. The fourth-order valence-corrected chi connectivity index (χ4v) is 6.57. The standard InChI is InChI=1S/C29H27F3N2O4S/c30-29(31,32)23-12-14-24(33-19-23)13-10-20-5-3-6-21(17-20)11-15-26(35)25-8-4-16-34(25)39(36,37)28-18-22-7-1-2-9-27(22)38-28/h1-3,5-7,9,12,14,17-19,25H,4,8,10-11,13,15-16H2/t25-/m0/s1. The van der Waals surface area contributed by atoms with Gasteiger partial charge in [-0.25, -0.2) is 8.42 Å². The molecular weight excluding hydrogens is 529 g/mol. The first-order valence-electron chi connectivity index (χ1n) is 12.7. The number of furan rings is 1. The van der Waals surface area contributed by atoms with Gasteiger partial charge in [-0.05, 0) is 61.4 Å². The summed E-state index contributed by atoms with van der Waals surface area (Å²) in [5.41, 5.74) is 2.19. The lowest BCUT2D eigenvalue weighted by molar-refractivity contribution is -0.137. The highest BCUT2D eigenvalue weighted by molar-refractivity contribution is 7.89. The fourth-order valence-electron chi connectivity index (χ4n) is 4.94. The lowest BCUT2D eigenvalue weighted by Gasteiger charge is -2.21. The molecule has 0 N–H and O–H groups in total. The largest absolute Gasteiger partial charge is 0.443 e. The van der Waals surface area contributed by atoms with Crippen molar-refractivity contribution in [3.63, 3.8) is 0 Å². The van der Waals surface area contributed by atoms with E-state index in [0.717, 1.165) is 23.4 Å². The Bertz CT molecular complexity index is 1550. The molecule has 0 unspecified atom stereocenters. The number of fused-ring (bicyclic) bond motifs is 1. The molecular formula is C29H27F3N2O4S. The molecule has 0 bridgehead atoms. The van der Waals surface area contributed by atoms with Crippen LogP contribution in [0.5, 0.6) is 0 Å². The molecule has 10 heteroatoms. The summed E-state index contributed by atoms with van der Waals surface area (Å²) in [4.78, 5) is 17.1. The van der Waals surface area contributed by atoms with Crippen LogP contribution in [0.3, 0.4) is 0 Å². The van der Waals surface area contributed by atoms with E-state index in [1.165, 1.54) is 16.4 Å². The SMILES string of the molecule is O=C(CCc1cccc(CCc2ccc(C(F)(F)F)cn2)c1)[C@@H]1CCCN1S(=O)(=O)c1cc2ccccc2o1. The molecule has 0 aliphatic carbocycles. The third-order valence-corrected chi connectivity index (χ3v) is 8.78. The molecule has 6 nitrogen and oxygen atoms in total. The third-order valence-electron chi connectivity index (χ3n) is 7.01. The average molecular weight is 557 g/mol. The van der Waals surface area contributed by atoms with Gasteiger partial charge < -0.3 is 4.42 Å². The molecule has 1 aliphatic rings. The Labute approximate surface area is 224 Å². The Balaban J connectivity index is 1.20. The number of para-hydroxylation sites is 1. The number of benzene rings is 2. The van der Waals surface area contributed by atoms with Gasteiger partial charge in [-0.3, -0.25) is 9.78 Å². The van der Waals surface area contributed by atoms with Crippen molar-refractivity contribution in [3.8, 4) is 0 Å². The van der Waals surface area contributed by atoms with Gasteiger partial charge in [-0.1, -0.05) is 42.5 Å². The lowest BCUT2D eigenvalue weighted by atomic mass is 9.99. The second-order valence-corrected chi connectivity index (χ2v) is 11.5. The van der Waals surface area contributed by atoms with Gasteiger partial charge in [0.2, 0.25) is 5.09 Å². The van der Waals surface area contributed by atoms with Gasteiger partial charge in [0.15, 0.2) is 5.78 Å². The molecule has 1 aliphatic heterocycles. The van der Waals surface area contributed by atoms with Crippen molar-refractivity contribution in [1.82, 2.24) is 9.29 Å². The highest BCUT2D eigenvalue weighted by Crippen LogP contribution is 2.31. The van der Waals surface area contributed by atoms with E-state index < -0.39 is 27.8 Å². The Morgan fingerprint density at radius 2 is 1.74 bits per heavy atom. The van der Waals surface area contributed by atoms with Crippen LogP contribution in [-0.2, 0) is 40.3 Å². The molecule has 0 radical (unpaired) electrons. The van der Waals surface area contributed by atoms with Gasteiger partial charge in [0.1, 0.15) is 5.58 Å². The summed E-state index contributed by atoms with van der Waals surface area (Å²) in [7, 11) is -3.95. The monoisotopic (exact) mass is 556 g/mol. The van der Waals surface area contributed by atoms with E-state index in [1.54, 1.807) is 24.3 Å². The second-order valence-electron chi connectivity index (χ2n) is 9.70. The number of alkyl halides is 3. The molecule has 204 valence electrons. The summed E-state index contributed by atoms with van der Waals surface area (Å²) >= 11 is 0. The number of aryl methyl sites for hydroxylation is 3. The van der Waals surface area contributed by atoms with Crippen molar-refractivity contribution >= 4 is 26.8 Å². The molecule has 2 aromatic heterocycles. The number of aromatic nitrogens is 1. The summed E-state index contributed by atoms with van der Waals surface area (Å²) < 4.78 is 71.7. The summed E-state index contributed by atoms with van der Waals surface area (Å²) in [6.07, 6.45) is -0.769. The van der Waals surface area contributed by atoms with E-state index in [1.807, 2.05) is 24.3 Å². The molecule has 0 saturated carbocycles. The number of sulfonamides is 1. The number of nitrogens with zero attached hydrogens (tertiary/aromatic N) is 2. The third kappa shape index (κ3) is 6.07. The Kier molecular flexibility index (Phi) is 7.59. The van der Waals surface area contributed by atoms with Crippen LogP contribution in [0.25, 0.3) is 11.0 Å². The number of halogens is 3. The number of carbonyl (C=O) groups excluding carboxylic acids is 1. The van der Waals surface area contributed by atoms with Crippen LogP contribution >= 0.6 is 0 Å². The van der Waals surface area contributed by atoms with Crippen LogP contribution in [0, 0.1) is 0 Å². The summed E-state index contributed by atoms with van der Waals surface area (Å²) in [5, 5.41) is 0.533. The number of rotatable bonds is 9. The van der Waals surface area contributed by atoms with Crippen molar-refractivity contribution < 1.29 is 30.8 Å². The maximum absolute atomic E-state index is 13.3. The van der Waals surface area contributed by atoms with Crippen molar-refractivity contribution in [3.05, 3.63) is 95.3 Å². The van der Waals surface area contributed by atoms with E-state index in [0.29, 0.717) is 48.8 Å². The van der Waals surface area contributed by atoms with Crippen molar-refractivity contribution in [1.29, 1.82) is 0 Å². The Morgan fingerprint density at radius 3 is 2.46 bits per heavy atom. The number of hydrogen-bond donors (Lipinski definition) is 0. The quantitative estimate of drug-likeness (QED) is 0.253. The van der Waals surface area contributed by atoms with Crippen LogP contribution in [0.1, 0.15) is 41.6 Å². The maximum atomic E-state index is 13.3. The zero-order chi connectivity index (χ0) is 27.6. The maximum Gasteiger partial charge on any atom is 0.417 e. The minimum Gasteiger partial charge on any atom is -0.443 e. The predicted octanol–water partition coefficient (Wildman–Crippen LogP) is 5.99. The number of Topliss-reactive ketones (excluding diaryl/α,β-unsaturated/α-hetero) is 1. The van der Waals surface area contributed by atoms with Gasteiger partial charge in [0.05, 0.1) is 11.6 Å². The number of carbonyl (C=O) groups is 1. The second kappa shape index (κ2) is 10.9. The molecule has 0 spiro atoms. The first kappa shape index (κ1) is 27.1. The highest BCUT2D eigenvalue weighted by Gasteiger charge is 2.40. The Morgan fingerprint density at radius 1 is 0.974 bits per heavy atom. The minimum atomic E-state index is -4.41. The van der Waals surface area contributed by atoms with Gasteiger partial charge in [0, 0.05) is 36.3 Å². The molecule has 39 heavy (non-hydrogen) atoms. The van der Waals surface area contributed by atoms with Crippen molar-refractivity contribution in [2.45, 2.75) is 55.8 Å². The molecule has 3 heterocycles. The van der Waals surface area contributed by atoms with E-state index in [9.17, 15) is 26.4 Å². The van der Waals surface area contributed by atoms with Crippen LogP contribution in [-0.4, -0.2) is 36.1 Å². The first-order chi connectivity index (χ1) is 18.6. The molecule has 1 atom stereocenters. The molecule has 4 aromatic rings. The Hall–Kier alpha value is -3.50. The van der Waals surface area contributed by atoms with E-state index in [4.69, 9.17) is 4.42 Å².